The number of quaternary nitrogens is 1. The first kappa shape index (κ1) is 25.4. The highest BCUT2D eigenvalue weighted by molar-refractivity contribution is 5.70. The average molecular weight is 455 g/mol. The van der Waals surface area contributed by atoms with Gasteiger partial charge in [-0.05, 0) is 25.7 Å². The van der Waals surface area contributed by atoms with Crippen LogP contribution in [-0.2, 0) is 32.3 Å². The smallest absolute Gasteiger partial charge is 0.359 e. The highest BCUT2D eigenvalue weighted by atomic mass is 16.4. The molecule has 1 heterocycles. The molecular weight excluding hydrogens is 422 g/mol. The maximum atomic E-state index is 11.6. The van der Waals surface area contributed by atoms with E-state index >= 15 is 0 Å². The molecule has 0 saturated heterocycles. The Bertz CT molecular complexity index is 784. The summed E-state index contributed by atoms with van der Waals surface area (Å²) in [6.45, 7) is 0.388. The third-order valence-corrected chi connectivity index (χ3v) is 5.77. The van der Waals surface area contributed by atoms with E-state index in [1.165, 1.54) is 0 Å². The van der Waals surface area contributed by atoms with Crippen molar-refractivity contribution in [3.63, 3.8) is 0 Å². The molecule has 1 aromatic heterocycles. The molecule has 1 aliphatic rings. The summed E-state index contributed by atoms with van der Waals surface area (Å²) in [5.41, 5.74) is 0.615. The number of hydrogen-bond acceptors (Lipinski definition) is 7. The van der Waals surface area contributed by atoms with Crippen LogP contribution in [0.15, 0.2) is 6.20 Å². The molecule has 3 unspecified atom stereocenters. The van der Waals surface area contributed by atoms with Crippen molar-refractivity contribution in [1.82, 2.24) is 19.9 Å². The number of carbonyl (C=O) groups excluding carboxylic acids is 1. The lowest BCUT2D eigenvalue weighted by molar-refractivity contribution is -0.935. The molecule has 12 heteroatoms. The average Bonchev–Trinajstić information content (AvgIpc) is 3.17. The summed E-state index contributed by atoms with van der Waals surface area (Å²) in [6.07, 6.45) is 6.90. The SMILES string of the molecule is O=CCN(CC(=O)O)C1CCCCC1[NH+](CC(=O)O)Cc1cn(CCCCC(=O)O)nn1. The number of carboxylic acid groups (broad SMARTS) is 3. The number of nitrogens with zero attached hydrogens (tertiary/aromatic N) is 4. The number of aromatic nitrogens is 3. The van der Waals surface area contributed by atoms with Gasteiger partial charge in [0.2, 0.25) is 0 Å². The van der Waals surface area contributed by atoms with Crippen molar-refractivity contribution in [1.29, 1.82) is 0 Å². The van der Waals surface area contributed by atoms with Crippen molar-refractivity contribution < 1.29 is 39.4 Å². The van der Waals surface area contributed by atoms with Crippen LogP contribution in [0.1, 0.15) is 50.6 Å². The molecule has 1 aliphatic carbocycles. The van der Waals surface area contributed by atoms with Gasteiger partial charge in [-0.15, -0.1) is 5.10 Å². The molecule has 2 rings (SSSR count). The first-order valence-electron chi connectivity index (χ1n) is 10.9. The Hall–Kier alpha value is -2.86. The van der Waals surface area contributed by atoms with Crippen LogP contribution in [0, 0.1) is 0 Å². The third-order valence-electron chi connectivity index (χ3n) is 5.77. The quantitative estimate of drug-likeness (QED) is 0.189. The first-order chi connectivity index (χ1) is 15.3. The van der Waals surface area contributed by atoms with E-state index < -0.39 is 17.9 Å². The van der Waals surface area contributed by atoms with E-state index in [0.29, 0.717) is 44.3 Å². The lowest BCUT2D eigenvalue weighted by Gasteiger charge is -2.41. The fourth-order valence-corrected chi connectivity index (χ4v) is 4.44. The summed E-state index contributed by atoms with van der Waals surface area (Å²) in [4.78, 5) is 47.0. The number of aryl methyl sites for hydroxylation is 1. The van der Waals surface area contributed by atoms with E-state index in [0.717, 1.165) is 24.2 Å². The van der Waals surface area contributed by atoms with E-state index in [2.05, 4.69) is 10.3 Å². The van der Waals surface area contributed by atoms with Crippen LogP contribution in [-0.4, -0.2) is 91.1 Å². The molecule has 1 aromatic rings. The standard InChI is InChI=1S/C20H31N5O7/c26-10-9-23(13-19(29)30)16-5-1-2-6-17(16)24(14-20(31)32)11-15-12-25(22-21-15)8-4-3-7-18(27)28/h10,12,16-17H,1-9,11,13-14H2,(H,27,28)(H,29,30)(H,31,32)/p+1. The minimum atomic E-state index is -1.03. The van der Waals surface area contributed by atoms with Gasteiger partial charge in [-0.25, -0.2) is 4.79 Å². The van der Waals surface area contributed by atoms with E-state index in [4.69, 9.17) is 5.11 Å². The maximum Gasteiger partial charge on any atom is 0.359 e. The largest absolute Gasteiger partial charge is 0.481 e. The summed E-state index contributed by atoms with van der Waals surface area (Å²) in [7, 11) is 0. The van der Waals surface area contributed by atoms with Crippen LogP contribution in [0.2, 0.25) is 0 Å². The Morgan fingerprint density at radius 3 is 2.53 bits per heavy atom. The molecule has 0 aliphatic heterocycles. The van der Waals surface area contributed by atoms with Gasteiger partial charge in [-0.2, -0.15) is 0 Å². The Balaban J connectivity index is 2.11. The van der Waals surface area contributed by atoms with Gasteiger partial charge in [0.1, 0.15) is 24.6 Å². The lowest BCUT2D eigenvalue weighted by atomic mass is 9.87. The predicted octanol–water partition coefficient (Wildman–Crippen LogP) is -1.10. The molecule has 178 valence electrons. The number of aldehydes is 1. The van der Waals surface area contributed by atoms with Crippen LogP contribution >= 0.6 is 0 Å². The second-order valence-electron chi connectivity index (χ2n) is 8.18. The number of rotatable bonds is 15. The Morgan fingerprint density at radius 1 is 1.12 bits per heavy atom. The van der Waals surface area contributed by atoms with Gasteiger partial charge in [0, 0.05) is 19.4 Å². The monoisotopic (exact) mass is 454 g/mol. The molecule has 0 aromatic carbocycles. The molecule has 0 radical (unpaired) electrons. The molecule has 12 nitrogen and oxygen atoms in total. The van der Waals surface area contributed by atoms with Crippen molar-refractivity contribution in [3.8, 4) is 0 Å². The van der Waals surface area contributed by atoms with Crippen LogP contribution < -0.4 is 4.90 Å². The van der Waals surface area contributed by atoms with E-state index in [1.807, 2.05) is 0 Å². The van der Waals surface area contributed by atoms with Crippen molar-refractivity contribution in [2.75, 3.05) is 19.6 Å². The summed E-state index contributed by atoms with van der Waals surface area (Å²) in [6, 6.07) is -0.370. The zero-order valence-corrected chi connectivity index (χ0v) is 18.1. The van der Waals surface area contributed by atoms with Crippen molar-refractivity contribution >= 4 is 24.2 Å². The Kier molecular flexibility index (Phi) is 10.2. The van der Waals surface area contributed by atoms with Gasteiger partial charge < -0.3 is 25.0 Å². The lowest BCUT2D eigenvalue weighted by Crippen LogP contribution is -3.17. The van der Waals surface area contributed by atoms with E-state index in [9.17, 15) is 29.4 Å². The van der Waals surface area contributed by atoms with E-state index in [1.54, 1.807) is 15.8 Å². The topological polar surface area (TPSA) is 167 Å². The summed E-state index contributed by atoms with van der Waals surface area (Å²) in [5, 5.41) is 35.7. The summed E-state index contributed by atoms with van der Waals surface area (Å²) < 4.78 is 1.62. The normalized spacial score (nSPS) is 19.5. The predicted molar refractivity (Wildman–Crippen MR) is 110 cm³/mol. The van der Waals surface area contributed by atoms with Crippen molar-refractivity contribution in [2.24, 2.45) is 0 Å². The maximum absolute atomic E-state index is 11.6. The molecule has 1 saturated carbocycles. The van der Waals surface area contributed by atoms with Gasteiger partial charge >= 0.3 is 17.9 Å². The zero-order chi connectivity index (χ0) is 23.5. The van der Waals surface area contributed by atoms with E-state index in [-0.39, 0.29) is 38.1 Å². The van der Waals surface area contributed by atoms with Crippen LogP contribution in [0.5, 0.6) is 0 Å². The molecule has 3 atom stereocenters. The molecule has 0 spiro atoms. The Morgan fingerprint density at radius 2 is 1.88 bits per heavy atom. The van der Waals surface area contributed by atoms with Gasteiger partial charge in [0.05, 0.1) is 25.3 Å². The number of hydrogen-bond donors (Lipinski definition) is 4. The fraction of sp³-hybridized carbons (Fsp3) is 0.700. The van der Waals surface area contributed by atoms with Crippen molar-refractivity contribution in [2.45, 2.75) is 70.1 Å². The van der Waals surface area contributed by atoms with Crippen LogP contribution in [0.3, 0.4) is 0 Å². The molecule has 0 amide bonds. The second kappa shape index (κ2) is 12.9. The van der Waals surface area contributed by atoms with Gasteiger partial charge in [0.25, 0.3) is 0 Å². The molecule has 4 N–H and O–H groups in total. The minimum absolute atomic E-state index is 0.0135. The fourth-order valence-electron chi connectivity index (χ4n) is 4.44. The highest BCUT2D eigenvalue weighted by Crippen LogP contribution is 2.22. The van der Waals surface area contributed by atoms with Crippen LogP contribution in [0.4, 0.5) is 0 Å². The minimum Gasteiger partial charge on any atom is -0.481 e. The molecular formula is C20H32N5O7+. The molecule has 0 bridgehead atoms. The number of carbonyl (C=O) groups is 4. The number of unbranched alkanes of at least 4 members (excludes halogenated alkanes) is 1. The zero-order valence-electron chi connectivity index (χ0n) is 18.1. The summed E-state index contributed by atoms with van der Waals surface area (Å²) in [5.74, 6) is -2.84. The summed E-state index contributed by atoms with van der Waals surface area (Å²) >= 11 is 0. The second-order valence-corrected chi connectivity index (χ2v) is 8.18. The highest BCUT2D eigenvalue weighted by Gasteiger charge is 2.38. The van der Waals surface area contributed by atoms with Crippen LogP contribution in [0.25, 0.3) is 0 Å². The van der Waals surface area contributed by atoms with Crippen molar-refractivity contribution in [3.05, 3.63) is 11.9 Å². The number of carboxylic acids is 3. The van der Waals surface area contributed by atoms with Gasteiger partial charge in [0.15, 0.2) is 6.54 Å². The molecule has 32 heavy (non-hydrogen) atoms. The third kappa shape index (κ3) is 8.35. The Labute approximate surface area is 185 Å². The molecule has 1 fully saturated rings. The number of nitrogens with one attached hydrogen (secondary N) is 1. The van der Waals surface area contributed by atoms with Gasteiger partial charge in [-0.1, -0.05) is 11.6 Å². The van der Waals surface area contributed by atoms with Gasteiger partial charge in [-0.3, -0.25) is 19.2 Å². The number of aliphatic carboxylic acids is 3. The first-order valence-corrected chi connectivity index (χ1v) is 10.9.